The third kappa shape index (κ3) is 3.62. The van der Waals surface area contributed by atoms with E-state index in [1.165, 1.54) is 4.90 Å². The Morgan fingerprint density at radius 1 is 1.41 bits per heavy atom. The van der Waals surface area contributed by atoms with Gasteiger partial charge in [-0.25, -0.2) is 4.79 Å². The predicted octanol–water partition coefficient (Wildman–Crippen LogP) is 2.37. The molecule has 1 saturated heterocycles. The van der Waals surface area contributed by atoms with Gasteiger partial charge in [-0.15, -0.1) is 0 Å². The fourth-order valence-corrected chi connectivity index (χ4v) is 2.95. The fourth-order valence-electron chi connectivity index (χ4n) is 2.95. The maximum atomic E-state index is 11.0. The number of hydrogen-bond acceptors (Lipinski definition) is 4. The monoisotopic (exact) mass is 307 g/mol. The predicted molar refractivity (Wildman–Crippen MR) is 86.1 cm³/mol. The lowest BCUT2D eigenvalue weighted by molar-refractivity contribution is 0.132. The average Bonchev–Trinajstić information content (AvgIpc) is 2.48. The lowest BCUT2D eigenvalue weighted by atomic mass is 9.86. The number of piperidine rings is 1. The number of nitrogens with two attached hydrogens (primary N) is 2. The van der Waals surface area contributed by atoms with Gasteiger partial charge in [-0.05, 0) is 55.9 Å². The zero-order chi connectivity index (χ0) is 16.3. The first-order chi connectivity index (χ1) is 10.4. The van der Waals surface area contributed by atoms with Gasteiger partial charge in [0.15, 0.2) is 0 Å². The smallest absolute Gasteiger partial charge is 0.407 e. The summed E-state index contributed by atoms with van der Waals surface area (Å²) in [7, 11) is 0. The van der Waals surface area contributed by atoms with Gasteiger partial charge in [-0.3, -0.25) is 0 Å². The first-order valence-corrected chi connectivity index (χ1v) is 7.69. The van der Waals surface area contributed by atoms with Crippen molar-refractivity contribution in [3.63, 3.8) is 0 Å². The Morgan fingerprint density at radius 3 is 2.55 bits per heavy atom. The van der Waals surface area contributed by atoms with Crippen LogP contribution in [-0.4, -0.2) is 35.3 Å². The zero-order valence-electron chi connectivity index (χ0n) is 13.2. The van der Waals surface area contributed by atoms with E-state index in [-0.39, 0.29) is 6.10 Å². The van der Waals surface area contributed by atoms with Crippen LogP contribution in [0.5, 0.6) is 5.75 Å². The highest BCUT2D eigenvalue weighted by Gasteiger charge is 2.25. The quantitative estimate of drug-likeness (QED) is 0.741. The van der Waals surface area contributed by atoms with Crippen LogP contribution in [0.2, 0.25) is 0 Å². The number of carboxylic acid groups (broad SMARTS) is 1. The summed E-state index contributed by atoms with van der Waals surface area (Å²) < 4.78 is 5.76. The molecule has 0 aromatic heterocycles. The summed E-state index contributed by atoms with van der Waals surface area (Å²) in [6, 6.07) is 3.87. The standard InChI is InChI=1S/C16H25N3O3/c1-10(2)22-15-8-13(12(9-17)7-14(15)18)11-3-5-19(6-4-11)16(20)21/h7-8,10-11H,3-6,9,17-18H2,1-2H3,(H,20,21). The second-order valence-corrected chi connectivity index (χ2v) is 6.00. The summed E-state index contributed by atoms with van der Waals surface area (Å²) in [5, 5.41) is 9.04. The number of benzene rings is 1. The van der Waals surface area contributed by atoms with Gasteiger partial charge in [-0.1, -0.05) is 0 Å². The largest absolute Gasteiger partial charge is 0.489 e. The number of rotatable bonds is 4. The number of likely N-dealkylation sites (tertiary alicyclic amines) is 1. The van der Waals surface area contributed by atoms with E-state index in [1.54, 1.807) is 0 Å². The summed E-state index contributed by atoms with van der Waals surface area (Å²) in [6.07, 6.45) is 0.792. The molecule has 1 aromatic rings. The molecule has 0 atom stereocenters. The van der Waals surface area contributed by atoms with Crippen molar-refractivity contribution in [3.05, 3.63) is 23.3 Å². The summed E-state index contributed by atoms with van der Waals surface area (Å²) in [6.45, 7) is 5.44. The van der Waals surface area contributed by atoms with Crippen molar-refractivity contribution in [1.29, 1.82) is 0 Å². The van der Waals surface area contributed by atoms with Crippen molar-refractivity contribution in [1.82, 2.24) is 4.90 Å². The molecule has 22 heavy (non-hydrogen) atoms. The number of ether oxygens (including phenoxy) is 1. The molecule has 1 fully saturated rings. The van der Waals surface area contributed by atoms with E-state index in [9.17, 15) is 4.79 Å². The molecule has 0 unspecified atom stereocenters. The van der Waals surface area contributed by atoms with Crippen molar-refractivity contribution in [2.24, 2.45) is 5.73 Å². The van der Waals surface area contributed by atoms with Gasteiger partial charge in [0, 0.05) is 19.6 Å². The second-order valence-electron chi connectivity index (χ2n) is 6.00. The normalized spacial score (nSPS) is 16.1. The van der Waals surface area contributed by atoms with Gasteiger partial charge >= 0.3 is 6.09 Å². The Morgan fingerprint density at radius 2 is 2.05 bits per heavy atom. The first kappa shape index (κ1) is 16.4. The van der Waals surface area contributed by atoms with Crippen molar-refractivity contribution in [2.75, 3.05) is 18.8 Å². The zero-order valence-corrected chi connectivity index (χ0v) is 13.2. The Balaban J connectivity index is 2.24. The molecule has 1 heterocycles. The van der Waals surface area contributed by atoms with E-state index in [0.717, 1.165) is 24.0 Å². The lowest BCUT2D eigenvalue weighted by Crippen LogP contribution is -2.37. The molecule has 1 aliphatic rings. The average molecular weight is 307 g/mol. The van der Waals surface area contributed by atoms with Gasteiger partial charge < -0.3 is 26.2 Å². The Kier molecular flexibility index (Phi) is 5.13. The maximum Gasteiger partial charge on any atom is 0.407 e. The van der Waals surface area contributed by atoms with E-state index in [4.69, 9.17) is 21.3 Å². The molecular weight excluding hydrogens is 282 g/mol. The minimum absolute atomic E-state index is 0.0488. The third-order valence-corrected chi connectivity index (χ3v) is 4.06. The maximum absolute atomic E-state index is 11.0. The molecular formula is C16H25N3O3. The molecule has 0 bridgehead atoms. The van der Waals surface area contributed by atoms with Crippen LogP contribution in [0.3, 0.4) is 0 Å². The van der Waals surface area contributed by atoms with Crippen molar-refractivity contribution in [2.45, 2.75) is 45.3 Å². The van der Waals surface area contributed by atoms with E-state index < -0.39 is 6.09 Å². The molecule has 0 spiro atoms. The molecule has 122 valence electrons. The van der Waals surface area contributed by atoms with Crippen molar-refractivity contribution in [3.8, 4) is 5.75 Å². The minimum Gasteiger partial charge on any atom is -0.489 e. The van der Waals surface area contributed by atoms with Crippen LogP contribution in [0.4, 0.5) is 10.5 Å². The Hall–Kier alpha value is -1.95. The molecule has 2 rings (SSSR count). The topological polar surface area (TPSA) is 102 Å². The molecule has 1 amide bonds. The van der Waals surface area contributed by atoms with E-state index >= 15 is 0 Å². The highest BCUT2D eigenvalue weighted by molar-refractivity contribution is 5.65. The summed E-state index contributed by atoms with van der Waals surface area (Å²) in [4.78, 5) is 12.5. The number of nitrogen functional groups attached to an aromatic ring is 1. The molecule has 5 N–H and O–H groups in total. The third-order valence-electron chi connectivity index (χ3n) is 4.06. The second kappa shape index (κ2) is 6.87. The highest BCUT2D eigenvalue weighted by atomic mass is 16.5. The van der Waals surface area contributed by atoms with Crippen LogP contribution < -0.4 is 16.2 Å². The molecule has 6 heteroatoms. The first-order valence-electron chi connectivity index (χ1n) is 7.69. The molecule has 1 aliphatic heterocycles. The summed E-state index contributed by atoms with van der Waals surface area (Å²) in [5.41, 5.74) is 14.6. The number of nitrogens with zero attached hydrogens (tertiary/aromatic N) is 1. The highest BCUT2D eigenvalue weighted by Crippen LogP contribution is 2.36. The molecule has 1 aromatic carbocycles. The molecule has 6 nitrogen and oxygen atoms in total. The van der Waals surface area contributed by atoms with E-state index in [2.05, 4.69) is 0 Å². The van der Waals surface area contributed by atoms with Gasteiger partial charge in [0.2, 0.25) is 0 Å². The number of carbonyl (C=O) groups is 1. The van der Waals surface area contributed by atoms with Gasteiger partial charge in [0.05, 0.1) is 11.8 Å². The number of hydrogen-bond donors (Lipinski definition) is 3. The number of anilines is 1. The summed E-state index contributed by atoms with van der Waals surface area (Å²) in [5.74, 6) is 0.979. The van der Waals surface area contributed by atoms with Gasteiger partial charge in [-0.2, -0.15) is 0 Å². The molecule has 0 aliphatic carbocycles. The van der Waals surface area contributed by atoms with Crippen LogP contribution in [0.25, 0.3) is 0 Å². The lowest BCUT2D eigenvalue weighted by Gasteiger charge is -2.31. The van der Waals surface area contributed by atoms with Crippen LogP contribution in [0.15, 0.2) is 12.1 Å². The van der Waals surface area contributed by atoms with Gasteiger partial charge in [0.1, 0.15) is 5.75 Å². The van der Waals surface area contributed by atoms with Crippen molar-refractivity contribution >= 4 is 11.8 Å². The van der Waals surface area contributed by atoms with E-state index in [1.807, 2.05) is 26.0 Å². The van der Waals surface area contributed by atoms with Crippen molar-refractivity contribution < 1.29 is 14.6 Å². The van der Waals surface area contributed by atoms with Crippen LogP contribution in [0, 0.1) is 0 Å². The number of amides is 1. The SMILES string of the molecule is CC(C)Oc1cc(C2CCN(C(=O)O)CC2)c(CN)cc1N. The fraction of sp³-hybridized carbons (Fsp3) is 0.562. The van der Waals surface area contributed by atoms with E-state index in [0.29, 0.717) is 37.0 Å². The minimum atomic E-state index is -0.848. The Bertz CT molecular complexity index is 538. The van der Waals surface area contributed by atoms with Crippen LogP contribution in [-0.2, 0) is 6.54 Å². The molecule has 0 radical (unpaired) electrons. The summed E-state index contributed by atoms with van der Waals surface area (Å²) >= 11 is 0. The van der Waals surface area contributed by atoms with Crippen LogP contribution in [0.1, 0.15) is 43.7 Å². The Labute approximate surface area is 131 Å². The molecule has 0 saturated carbocycles. The van der Waals surface area contributed by atoms with Gasteiger partial charge in [0.25, 0.3) is 0 Å². The van der Waals surface area contributed by atoms with Crippen LogP contribution >= 0.6 is 0 Å².